The van der Waals surface area contributed by atoms with Gasteiger partial charge in [-0.1, -0.05) is 66.2 Å². The summed E-state index contributed by atoms with van der Waals surface area (Å²) in [4.78, 5) is 5.45. The molecule has 0 spiro atoms. The third-order valence-electron chi connectivity index (χ3n) is 5.88. The summed E-state index contributed by atoms with van der Waals surface area (Å²) in [7, 11) is 2.13. The van der Waals surface area contributed by atoms with Gasteiger partial charge in [0.05, 0.1) is 6.67 Å². The van der Waals surface area contributed by atoms with Crippen LogP contribution in [0, 0.1) is 11.8 Å². The Labute approximate surface area is 152 Å². The van der Waals surface area contributed by atoms with Crippen LogP contribution in [0.2, 0.25) is 0 Å². The summed E-state index contributed by atoms with van der Waals surface area (Å²) in [5, 5.41) is 3.55. The third-order valence-corrected chi connectivity index (χ3v) is 5.88. The van der Waals surface area contributed by atoms with Gasteiger partial charge in [0, 0.05) is 32.2 Å². The number of nitrogens with one attached hydrogen (secondary N) is 1. The van der Waals surface area contributed by atoms with Crippen LogP contribution in [0.1, 0.15) is 79.1 Å². The van der Waals surface area contributed by atoms with Crippen LogP contribution in [0.5, 0.6) is 0 Å². The number of unbranched alkanes of at least 4 members (excludes halogenated alkanes) is 2. The maximum absolute atomic E-state index is 3.55. The Hall–Kier alpha value is -0.120. The molecule has 3 heteroatoms. The molecule has 1 saturated heterocycles. The van der Waals surface area contributed by atoms with E-state index in [4.69, 9.17) is 0 Å². The molecule has 2 atom stereocenters. The minimum absolute atomic E-state index is 0.631. The summed E-state index contributed by atoms with van der Waals surface area (Å²) < 4.78 is 0. The van der Waals surface area contributed by atoms with Crippen molar-refractivity contribution in [1.29, 1.82) is 0 Å². The van der Waals surface area contributed by atoms with Gasteiger partial charge in [0.2, 0.25) is 0 Å². The number of nitrogens with zero attached hydrogens (tertiary/aromatic N) is 2. The minimum Gasteiger partial charge on any atom is -0.315 e. The van der Waals surface area contributed by atoms with Gasteiger partial charge in [0.1, 0.15) is 0 Å². The fourth-order valence-electron chi connectivity index (χ4n) is 4.09. The van der Waals surface area contributed by atoms with E-state index < -0.39 is 0 Å². The smallest absolute Gasteiger partial charge is 0.0507 e. The SMILES string of the molecule is CCCCC(CC)CN1CC(NC)CN(CC(CC)CCCC)C1. The maximum atomic E-state index is 3.55. The average molecular weight is 340 g/mol. The highest BCUT2D eigenvalue weighted by atomic mass is 15.4. The van der Waals surface area contributed by atoms with Crippen LogP contribution in [0.15, 0.2) is 0 Å². The van der Waals surface area contributed by atoms with E-state index in [1.165, 1.54) is 84.2 Å². The van der Waals surface area contributed by atoms with Crippen LogP contribution < -0.4 is 5.32 Å². The van der Waals surface area contributed by atoms with E-state index in [2.05, 4.69) is 49.9 Å². The molecule has 3 nitrogen and oxygen atoms in total. The molecule has 1 heterocycles. The molecule has 0 aromatic rings. The summed E-state index contributed by atoms with van der Waals surface area (Å²) in [6.07, 6.45) is 10.9. The Balaban J connectivity index is 2.54. The first kappa shape index (κ1) is 21.9. The van der Waals surface area contributed by atoms with Gasteiger partial charge in [-0.2, -0.15) is 0 Å². The van der Waals surface area contributed by atoms with Crippen LogP contribution in [0.25, 0.3) is 0 Å². The number of likely N-dealkylation sites (N-methyl/N-ethyl adjacent to an activating group) is 1. The van der Waals surface area contributed by atoms with Gasteiger partial charge in [0.25, 0.3) is 0 Å². The van der Waals surface area contributed by atoms with Gasteiger partial charge in [-0.25, -0.2) is 0 Å². The highest BCUT2D eigenvalue weighted by Crippen LogP contribution is 2.19. The van der Waals surface area contributed by atoms with E-state index in [1.807, 2.05) is 0 Å². The first-order valence-electron chi connectivity index (χ1n) is 10.8. The average Bonchev–Trinajstić information content (AvgIpc) is 2.61. The van der Waals surface area contributed by atoms with Crippen molar-refractivity contribution in [2.75, 3.05) is 39.9 Å². The molecule has 1 N–H and O–H groups in total. The third kappa shape index (κ3) is 8.31. The van der Waals surface area contributed by atoms with Gasteiger partial charge in [-0.15, -0.1) is 0 Å². The highest BCUT2D eigenvalue weighted by Gasteiger charge is 2.26. The molecule has 1 aliphatic heterocycles. The van der Waals surface area contributed by atoms with Crippen molar-refractivity contribution in [1.82, 2.24) is 15.1 Å². The summed E-state index contributed by atoms with van der Waals surface area (Å²) in [6.45, 7) is 15.6. The number of hydrogen-bond donors (Lipinski definition) is 1. The van der Waals surface area contributed by atoms with E-state index in [9.17, 15) is 0 Å². The Bertz CT molecular complexity index is 269. The van der Waals surface area contributed by atoms with Crippen molar-refractivity contribution in [3.05, 3.63) is 0 Å². The molecule has 0 aromatic heterocycles. The fourth-order valence-corrected chi connectivity index (χ4v) is 4.09. The molecule has 0 amide bonds. The van der Waals surface area contributed by atoms with Gasteiger partial charge in [-0.05, 0) is 31.7 Å². The van der Waals surface area contributed by atoms with Crippen molar-refractivity contribution < 1.29 is 0 Å². The summed E-state index contributed by atoms with van der Waals surface area (Å²) >= 11 is 0. The highest BCUT2D eigenvalue weighted by molar-refractivity contribution is 4.82. The molecule has 2 unspecified atom stereocenters. The van der Waals surface area contributed by atoms with E-state index in [0.29, 0.717) is 6.04 Å². The van der Waals surface area contributed by atoms with Crippen molar-refractivity contribution >= 4 is 0 Å². The molecule has 1 rings (SSSR count). The molecule has 1 fully saturated rings. The fraction of sp³-hybridized carbons (Fsp3) is 1.00. The van der Waals surface area contributed by atoms with Crippen LogP contribution in [-0.2, 0) is 0 Å². The second-order valence-corrected chi connectivity index (χ2v) is 8.03. The van der Waals surface area contributed by atoms with Gasteiger partial charge >= 0.3 is 0 Å². The van der Waals surface area contributed by atoms with Crippen LogP contribution >= 0.6 is 0 Å². The molecule has 0 bridgehead atoms. The zero-order valence-electron chi connectivity index (χ0n) is 17.3. The van der Waals surface area contributed by atoms with Crippen LogP contribution in [0.4, 0.5) is 0 Å². The molecule has 1 aliphatic rings. The molecule has 0 aliphatic carbocycles. The van der Waals surface area contributed by atoms with E-state index in [1.54, 1.807) is 0 Å². The monoisotopic (exact) mass is 339 g/mol. The van der Waals surface area contributed by atoms with Crippen molar-refractivity contribution in [2.24, 2.45) is 11.8 Å². The minimum atomic E-state index is 0.631. The van der Waals surface area contributed by atoms with Gasteiger partial charge in [0.15, 0.2) is 0 Å². The van der Waals surface area contributed by atoms with Crippen molar-refractivity contribution in [3.63, 3.8) is 0 Å². The standard InChI is InChI=1S/C21H45N3/c1-6-10-12-19(8-3)14-23-16-21(22-5)17-24(18-23)15-20(9-4)13-11-7-2/h19-22H,6-18H2,1-5H3. The predicted molar refractivity (Wildman–Crippen MR) is 107 cm³/mol. The van der Waals surface area contributed by atoms with Crippen LogP contribution in [0.3, 0.4) is 0 Å². The quantitative estimate of drug-likeness (QED) is 0.530. The summed E-state index contributed by atoms with van der Waals surface area (Å²) in [5.41, 5.74) is 0. The molecule has 24 heavy (non-hydrogen) atoms. The lowest BCUT2D eigenvalue weighted by atomic mass is 9.97. The lowest BCUT2D eigenvalue weighted by molar-refractivity contribution is 0.0397. The van der Waals surface area contributed by atoms with Gasteiger partial charge < -0.3 is 5.32 Å². The van der Waals surface area contributed by atoms with Crippen molar-refractivity contribution in [2.45, 2.75) is 85.1 Å². The zero-order valence-corrected chi connectivity index (χ0v) is 17.3. The first-order chi connectivity index (χ1) is 11.7. The second-order valence-electron chi connectivity index (χ2n) is 8.03. The summed E-state index contributed by atoms with van der Waals surface area (Å²) in [5.74, 6) is 1.76. The molecule has 0 aromatic carbocycles. The molecular formula is C21H45N3. The molecular weight excluding hydrogens is 294 g/mol. The van der Waals surface area contributed by atoms with Crippen molar-refractivity contribution in [3.8, 4) is 0 Å². The van der Waals surface area contributed by atoms with Crippen LogP contribution in [-0.4, -0.2) is 55.7 Å². The summed E-state index contributed by atoms with van der Waals surface area (Å²) in [6, 6.07) is 0.631. The predicted octanol–water partition coefficient (Wildman–Crippen LogP) is 4.58. The number of rotatable bonds is 13. The zero-order chi connectivity index (χ0) is 17.8. The molecule has 144 valence electrons. The lowest BCUT2D eigenvalue weighted by Crippen LogP contribution is -2.57. The Morgan fingerprint density at radius 1 is 0.833 bits per heavy atom. The molecule has 0 saturated carbocycles. The Kier molecular flexibility index (Phi) is 12.0. The van der Waals surface area contributed by atoms with E-state index in [0.717, 1.165) is 11.8 Å². The maximum Gasteiger partial charge on any atom is 0.0507 e. The first-order valence-corrected chi connectivity index (χ1v) is 10.8. The number of hydrogen-bond acceptors (Lipinski definition) is 3. The topological polar surface area (TPSA) is 18.5 Å². The Morgan fingerprint density at radius 3 is 1.62 bits per heavy atom. The van der Waals surface area contributed by atoms with Gasteiger partial charge in [-0.3, -0.25) is 9.80 Å². The second kappa shape index (κ2) is 13.1. The normalized spacial score (nSPS) is 22.6. The Morgan fingerprint density at radius 2 is 1.29 bits per heavy atom. The lowest BCUT2D eigenvalue weighted by Gasteiger charge is -2.42. The van der Waals surface area contributed by atoms with E-state index >= 15 is 0 Å². The molecule has 0 radical (unpaired) electrons. The largest absolute Gasteiger partial charge is 0.315 e. The van der Waals surface area contributed by atoms with E-state index in [-0.39, 0.29) is 0 Å².